The first-order valence-corrected chi connectivity index (χ1v) is 14.2. The Kier molecular flexibility index (Phi) is 7.21. The predicted octanol–water partition coefficient (Wildman–Crippen LogP) is 7.04. The Bertz CT molecular complexity index is 1890. The van der Waals surface area contributed by atoms with Gasteiger partial charge in [-0.1, -0.05) is 97.1 Å². The summed E-state index contributed by atoms with van der Waals surface area (Å²) in [5.74, 6) is 2.47. The normalized spacial score (nSPS) is 14.8. The summed E-state index contributed by atoms with van der Waals surface area (Å²) in [6, 6.07) is 36.9. The van der Waals surface area contributed by atoms with E-state index in [0.29, 0.717) is 23.3 Å². The molecule has 0 amide bonds. The zero-order valence-electron chi connectivity index (χ0n) is 23.7. The van der Waals surface area contributed by atoms with Crippen LogP contribution in [0.25, 0.3) is 56.7 Å². The molecule has 0 radical (unpaired) electrons. The highest BCUT2D eigenvalue weighted by Crippen LogP contribution is 2.30. The predicted molar refractivity (Wildman–Crippen MR) is 170 cm³/mol. The Hall–Kier alpha value is -5.53. The first kappa shape index (κ1) is 26.4. The average molecular weight is 560 g/mol. The lowest BCUT2D eigenvalue weighted by Crippen LogP contribution is -2.36. The molecule has 1 unspecified atom stereocenters. The molecule has 7 rings (SSSR count). The van der Waals surface area contributed by atoms with Crippen molar-refractivity contribution in [3.8, 4) is 56.7 Å². The maximum absolute atomic E-state index is 4.99. The first-order chi connectivity index (χ1) is 21.2. The van der Waals surface area contributed by atoms with Gasteiger partial charge in [0.15, 0.2) is 23.3 Å². The Morgan fingerprint density at radius 3 is 1.81 bits per heavy atom. The molecule has 208 valence electrons. The molecule has 6 aromatic rings. The molecule has 0 saturated carbocycles. The molecule has 2 aromatic heterocycles. The van der Waals surface area contributed by atoms with Crippen LogP contribution >= 0.6 is 0 Å². The number of likely N-dealkylation sites (N-methyl/N-ethyl adjacent to an activating group) is 1. The Morgan fingerprint density at radius 1 is 0.558 bits per heavy atom. The zero-order chi connectivity index (χ0) is 29.0. The molecule has 7 nitrogen and oxygen atoms in total. The number of benzene rings is 4. The largest absolute Gasteiger partial charge is 0.372 e. The van der Waals surface area contributed by atoms with E-state index in [1.54, 1.807) is 12.4 Å². The van der Waals surface area contributed by atoms with Gasteiger partial charge in [0.1, 0.15) is 6.17 Å². The van der Waals surface area contributed by atoms with Gasteiger partial charge in [0.2, 0.25) is 0 Å². The molecule has 7 heteroatoms. The van der Waals surface area contributed by atoms with E-state index in [1.807, 2.05) is 54.7 Å². The van der Waals surface area contributed by atoms with Gasteiger partial charge in [-0.25, -0.2) is 24.9 Å². The lowest BCUT2D eigenvalue weighted by Gasteiger charge is -2.31. The van der Waals surface area contributed by atoms with Crippen molar-refractivity contribution in [2.24, 2.45) is 0 Å². The van der Waals surface area contributed by atoms with Crippen LogP contribution in [-0.2, 0) is 0 Å². The van der Waals surface area contributed by atoms with Gasteiger partial charge >= 0.3 is 0 Å². The van der Waals surface area contributed by atoms with Crippen LogP contribution in [0.3, 0.4) is 0 Å². The second-order valence-electron chi connectivity index (χ2n) is 10.4. The van der Waals surface area contributed by atoms with Crippen molar-refractivity contribution in [1.29, 1.82) is 0 Å². The SMILES string of the molecule is CN1CC=CNC1c1cccc(-c2nc(-c3ccc(-c4ccccc4)cc3)nc(-c3cccc(-c4ncccn4)c3)n2)c1. The standard InChI is InChI=1S/C36H29N7/c1-43-22-8-21-39-36(43)31-14-6-13-30(24-31)35-41-33(27-17-15-26(16-18-27)25-9-3-2-4-10-25)40-34(42-35)29-12-5-11-28(23-29)32-37-19-7-20-38-32/h2-21,23-24,36,39H,22H2,1H3. The second-order valence-corrected chi connectivity index (χ2v) is 10.4. The van der Waals surface area contributed by atoms with Crippen LogP contribution < -0.4 is 5.32 Å². The molecule has 3 heterocycles. The van der Waals surface area contributed by atoms with Crippen LogP contribution in [0, 0.1) is 0 Å². The highest BCUT2D eigenvalue weighted by Gasteiger charge is 2.19. The van der Waals surface area contributed by atoms with E-state index in [2.05, 4.69) is 94.0 Å². The van der Waals surface area contributed by atoms with Crippen LogP contribution in [0.15, 0.2) is 134 Å². The number of hydrogen-bond acceptors (Lipinski definition) is 7. The topological polar surface area (TPSA) is 79.7 Å². The van der Waals surface area contributed by atoms with E-state index < -0.39 is 0 Å². The van der Waals surface area contributed by atoms with Gasteiger partial charge < -0.3 is 5.32 Å². The molecule has 0 saturated heterocycles. The van der Waals surface area contributed by atoms with E-state index in [4.69, 9.17) is 15.0 Å². The van der Waals surface area contributed by atoms with Crippen molar-refractivity contribution in [3.63, 3.8) is 0 Å². The number of nitrogens with zero attached hydrogens (tertiary/aromatic N) is 6. The number of rotatable bonds is 6. The fourth-order valence-electron chi connectivity index (χ4n) is 5.26. The molecule has 1 aliphatic heterocycles. The number of nitrogens with one attached hydrogen (secondary N) is 1. The molecule has 4 aromatic carbocycles. The summed E-state index contributed by atoms with van der Waals surface area (Å²) in [6.45, 7) is 0.877. The highest BCUT2D eigenvalue weighted by atomic mass is 15.3. The summed E-state index contributed by atoms with van der Waals surface area (Å²) < 4.78 is 0. The summed E-state index contributed by atoms with van der Waals surface area (Å²) in [7, 11) is 2.11. The lowest BCUT2D eigenvalue weighted by atomic mass is 10.0. The van der Waals surface area contributed by atoms with Crippen LogP contribution in [0.4, 0.5) is 0 Å². The van der Waals surface area contributed by atoms with Gasteiger partial charge in [-0.2, -0.15) is 0 Å². The minimum Gasteiger partial charge on any atom is -0.372 e. The Morgan fingerprint density at radius 2 is 1.12 bits per heavy atom. The van der Waals surface area contributed by atoms with E-state index in [-0.39, 0.29) is 6.17 Å². The zero-order valence-corrected chi connectivity index (χ0v) is 23.7. The maximum Gasteiger partial charge on any atom is 0.164 e. The summed E-state index contributed by atoms with van der Waals surface area (Å²) in [5, 5.41) is 3.46. The van der Waals surface area contributed by atoms with Crippen LogP contribution in [0.5, 0.6) is 0 Å². The average Bonchev–Trinajstić information content (AvgIpc) is 3.09. The lowest BCUT2D eigenvalue weighted by molar-refractivity contribution is 0.233. The fourth-order valence-corrected chi connectivity index (χ4v) is 5.26. The van der Waals surface area contributed by atoms with Gasteiger partial charge in [-0.15, -0.1) is 0 Å². The second kappa shape index (κ2) is 11.8. The van der Waals surface area contributed by atoms with Crippen molar-refractivity contribution in [2.45, 2.75) is 6.17 Å². The van der Waals surface area contributed by atoms with Gasteiger partial charge in [0.05, 0.1) is 0 Å². The summed E-state index contributed by atoms with van der Waals surface area (Å²) in [6.07, 6.45) is 7.68. The number of aromatic nitrogens is 5. The molecular weight excluding hydrogens is 530 g/mol. The summed E-state index contributed by atoms with van der Waals surface area (Å²) >= 11 is 0. The molecule has 43 heavy (non-hydrogen) atoms. The van der Waals surface area contributed by atoms with Gasteiger partial charge in [-0.05, 0) is 48.1 Å². The Labute approximate surface area is 250 Å². The van der Waals surface area contributed by atoms with Crippen LogP contribution in [0.2, 0.25) is 0 Å². The van der Waals surface area contributed by atoms with E-state index in [0.717, 1.165) is 39.9 Å². The summed E-state index contributed by atoms with van der Waals surface area (Å²) in [4.78, 5) is 26.1. The van der Waals surface area contributed by atoms with E-state index >= 15 is 0 Å². The molecule has 0 aliphatic carbocycles. The molecule has 0 spiro atoms. The van der Waals surface area contributed by atoms with E-state index in [9.17, 15) is 0 Å². The molecular formula is C36H29N7. The molecule has 0 bridgehead atoms. The monoisotopic (exact) mass is 559 g/mol. The van der Waals surface area contributed by atoms with Gasteiger partial charge in [0, 0.05) is 41.2 Å². The maximum atomic E-state index is 4.99. The van der Waals surface area contributed by atoms with Crippen LogP contribution in [0.1, 0.15) is 11.7 Å². The molecule has 0 fully saturated rings. The highest BCUT2D eigenvalue weighted by molar-refractivity contribution is 5.72. The third-order valence-electron chi connectivity index (χ3n) is 7.50. The first-order valence-electron chi connectivity index (χ1n) is 14.2. The summed E-state index contributed by atoms with van der Waals surface area (Å²) in [5.41, 5.74) is 7.06. The molecule has 1 N–H and O–H groups in total. The minimum atomic E-state index is 0.0683. The van der Waals surface area contributed by atoms with Crippen LogP contribution in [-0.4, -0.2) is 43.4 Å². The van der Waals surface area contributed by atoms with Crippen molar-refractivity contribution in [1.82, 2.24) is 35.1 Å². The van der Waals surface area contributed by atoms with Gasteiger partial charge in [0.25, 0.3) is 0 Å². The third-order valence-corrected chi connectivity index (χ3v) is 7.50. The van der Waals surface area contributed by atoms with Crippen molar-refractivity contribution < 1.29 is 0 Å². The quantitative estimate of drug-likeness (QED) is 0.234. The number of hydrogen-bond donors (Lipinski definition) is 1. The van der Waals surface area contributed by atoms with Gasteiger partial charge in [-0.3, -0.25) is 4.90 Å². The van der Waals surface area contributed by atoms with Crippen molar-refractivity contribution in [2.75, 3.05) is 13.6 Å². The molecule has 1 aliphatic rings. The van der Waals surface area contributed by atoms with E-state index in [1.165, 1.54) is 5.56 Å². The van der Waals surface area contributed by atoms with Crippen molar-refractivity contribution >= 4 is 0 Å². The smallest absolute Gasteiger partial charge is 0.164 e. The molecule has 1 atom stereocenters. The Balaban J connectivity index is 1.33. The third kappa shape index (κ3) is 5.66. The minimum absolute atomic E-state index is 0.0683. The fraction of sp³-hybridized carbons (Fsp3) is 0.0833. The van der Waals surface area contributed by atoms with Crippen molar-refractivity contribution in [3.05, 3.63) is 139 Å².